The van der Waals surface area contributed by atoms with E-state index in [0.29, 0.717) is 12.1 Å². The molecule has 86 valence electrons. The molecule has 2 N–H and O–H groups in total. The van der Waals surface area contributed by atoms with Gasteiger partial charge in [-0.1, -0.05) is 6.07 Å². The van der Waals surface area contributed by atoms with Gasteiger partial charge in [-0.15, -0.1) is 0 Å². The van der Waals surface area contributed by atoms with Gasteiger partial charge >= 0.3 is 11.9 Å². The summed E-state index contributed by atoms with van der Waals surface area (Å²) in [5.74, 6) is -2.24. The van der Waals surface area contributed by atoms with Gasteiger partial charge in [-0.05, 0) is 31.8 Å². The van der Waals surface area contributed by atoms with E-state index in [-0.39, 0.29) is 11.1 Å². The minimum absolute atomic E-state index is 0.0140. The lowest BCUT2D eigenvalue weighted by Crippen LogP contribution is -2.15. The third-order valence-electron chi connectivity index (χ3n) is 2.07. The predicted octanol–water partition coefficient (Wildman–Crippen LogP) is 1.14. The fourth-order valence-electron chi connectivity index (χ4n) is 1.39. The van der Waals surface area contributed by atoms with Gasteiger partial charge in [0.2, 0.25) is 0 Å². The Hall–Kier alpha value is -1.88. The number of carboxylic acid groups (broad SMARTS) is 2. The van der Waals surface area contributed by atoms with Crippen molar-refractivity contribution < 1.29 is 19.8 Å². The van der Waals surface area contributed by atoms with Crippen LogP contribution in [0.4, 0.5) is 0 Å². The van der Waals surface area contributed by atoms with E-state index in [9.17, 15) is 9.59 Å². The van der Waals surface area contributed by atoms with Crippen LogP contribution in [0.15, 0.2) is 18.2 Å². The molecule has 0 atom stereocenters. The molecule has 0 radical (unpaired) electrons. The second-order valence-corrected chi connectivity index (χ2v) is 3.72. The highest BCUT2D eigenvalue weighted by molar-refractivity contribution is 5.94. The Bertz CT molecular complexity index is 426. The average molecular weight is 223 g/mol. The Balaban J connectivity index is 3.19. The molecule has 5 heteroatoms. The summed E-state index contributed by atoms with van der Waals surface area (Å²) in [6, 6.07) is 4.13. The van der Waals surface area contributed by atoms with Crippen LogP contribution in [0.25, 0.3) is 0 Å². The van der Waals surface area contributed by atoms with Crippen LogP contribution in [0.2, 0.25) is 0 Å². The third-order valence-corrected chi connectivity index (χ3v) is 2.07. The number of aromatic carboxylic acids is 2. The Kier molecular flexibility index (Phi) is 3.63. The first-order valence-corrected chi connectivity index (χ1v) is 4.66. The molecule has 1 aromatic carbocycles. The van der Waals surface area contributed by atoms with Crippen LogP contribution in [0.1, 0.15) is 26.3 Å². The topological polar surface area (TPSA) is 77.8 Å². The number of rotatable bonds is 4. The van der Waals surface area contributed by atoms with Crippen LogP contribution in [0.5, 0.6) is 0 Å². The Morgan fingerprint density at radius 3 is 2.25 bits per heavy atom. The van der Waals surface area contributed by atoms with Crippen LogP contribution in [0, 0.1) is 0 Å². The van der Waals surface area contributed by atoms with E-state index in [1.807, 2.05) is 19.0 Å². The van der Waals surface area contributed by atoms with Gasteiger partial charge in [0.05, 0.1) is 11.1 Å². The monoisotopic (exact) mass is 223 g/mol. The van der Waals surface area contributed by atoms with Gasteiger partial charge in [-0.25, -0.2) is 9.59 Å². The van der Waals surface area contributed by atoms with Crippen molar-refractivity contribution in [3.63, 3.8) is 0 Å². The van der Waals surface area contributed by atoms with Crippen molar-refractivity contribution in [1.29, 1.82) is 0 Å². The first-order chi connectivity index (χ1) is 7.41. The largest absolute Gasteiger partial charge is 0.478 e. The zero-order valence-electron chi connectivity index (χ0n) is 9.10. The molecule has 0 fully saturated rings. The number of hydrogen-bond donors (Lipinski definition) is 2. The van der Waals surface area contributed by atoms with Crippen molar-refractivity contribution in [3.05, 3.63) is 34.9 Å². The molecule has 5 nitrogen and oxygen atoms in total. The molecule has 1 aromatic rings. The number of nitrogens with zero attached hydrogens (tertiary/aromatic N) is 1. The van der Waals surface area contributed by atoms with E-state index in [1.165, 1.54) is 18.2 Å². The quantitative estimate of drug-likeness (QED) is 0.800. The summed E-state index contributed by atoms with van der Waals surface area (Å²) in [7, 11) is 3.63. The normalized spacial score (nSPS) is 10.4. The highest BCUT2D eigenvalue weighted by Gasteiger charge is 2.14. The second kappa shape index (κ2) is 4.76. The first-order valence-electron chi connectivity index (χ1n) is 4.66. The van der Waals surface area contributed by atoms with Crippen LogP contribution in [-0.4, -0.2) is 41.1 Å². The molecule has 0 amide bonds. The molecule has 0 aliphatic rings. The van der Waals surface area contributed by atoms with E-state index in [1.54, 1.807) is 0 Å². The van der Waals surface area contributed by atoms with Gasteiger partial charge in [0.25, 0.3) is 0 Å². The summed E-state index contributed by atoms with van der Waals surface area (Å²) in [5, 5.41) is 17.7. The molecule has 16 heavy (non-hydrogen) atoms. The fraction of sp³-hybridized carbons (Fsp3) is 0.273. The molecule has 0 aromatic heterocycles. The SMILES string of the molecule is CN(C)Cc1ccc(C(=O)O)cc1C(=O)O. The van der Waals surface area contributed by atoms with E-state index in [0.717, 1.165) is 0 Å². The standard InChI is InChI=1S/C11H13NO4/c1-12(2)6-8-4-3-7(10(13)14)5-9(8)11(15)16/h3-5H,6H2,1-2H3,(H,13,14)(H,15,16). The summed E-state index contributed by atoms with van der Waals surface area (Å²) in [6.45, 7) is 0.460. The molecule has 0 saturated carbocycles. The average Bonchev–Trinajstić information content (AvgIpc) is 2.16. The minimum Gasteiger partial charge on any atom is -0.478 e. The molecule has 0 heterocycles. The fourth-order valence-corrected chi connectivity index (χ4v) is 1.39. The molecule has 0 unspecified atom stereocenters. The van der Waals surface area contributed by atoms with Crippen LogP contribution < -0.4 is 0 Å². The molecule has 0 aliphatic heterocycles. The molecular formula is C11H13NO4. The summed E-state index contributed by atoms with van der Waals surface area (Å²) >= 11 is 0. The maximum Gasteiger partial charge on any atom is 0.336 e. The summed E-state index contributed by atoms with van der Waals surface area (Å²) in [6.07, 6.45) is 0. The maximum atomic E-state index is 11.0. The zero-order valence-corrected chi connectivity index (χ0v) is 9.10. The predicted molar refractivity (Wildman–Crippen MR) is 57.8 cm³/mol. The van der Waals surface area contributed by atoms with Crippen molar-refractivity contribution in [3.8, 4) is 0 Å². The number of hydrogen-bond acceptors (Lipinski definition) is 3. The molecular weight excluding hydrogens is 210 g/mol. The Morgan fingerprint density at radius 1 is 1.19 bits per heavy atom. The summed E-state index contributed by atoms with van der Waals surface area (Å²) in [4.78, 5) is 23.5. The summed E-state index contributed by atoms with van der Waals surface area (Å²) < 4.78 is 0. The van der Waals surface area contributed by atoms with E-state index in [4.69, 9.17) is 10.2 Å². The van der Waals surface area contributed by atoms with Crippen LogP contribution in [-0.2, 0) is 6.54 Å². The van der Waals surface area contributed by atoms with E-state index in [2.05, 4.69) is 0 Å². The maximum absolute atomic E-state index is 11.0. The van der Waals surface area contributed by atoms with Gasteiger partial charge in [0.15, 0.2) is 0 Å². The lowest BCUT2D eigenvalue weighted by atomic mass is 10.0. The molecule has 0 saturated heterocycles. The smallest absolute Gasteiger partial charge is 0.336 e. The summed E-state index contributed by atoms with van der Waals surface area (Å²) in [5.41, 5.74) is 0.621. The van der Waals surface area contributed by atoms with E-state index >= 15 is 0 Å². The number of benzene rings is 1. The van der Waals surface area contributed by atoms with Gasteiger partial charge in [-0.3, -0.25) is 0 Å². The lowest BCUT2D eigenvalue weighted by Gasteiger charge is -2.12. The van der Waals surface area contributed by atoms with Crippen LogP contribution in [0.3, 0.4) is 0 Å². The van der Waals surface area contributed by atoms with Gasteiger partial charge < -0.3 is 15.1 Å². The van der Waals surface area contributed by atoms with Crippen molar-refractivity contribution in [2.24, 2.45) is 0 Å². The number of carbonyl (C=O) groups is 2. The molecule has 1 rings (SSSR count). The zero-order chi connectivity index (χ0) is 12.3. The van der Waals surface area contributed by atoms with Gasteiger partial charge in [0, 0.05) is 6.54 Å². The van der Waals surface area contributed by atoms with Crippen molar-refractivity contribution >= 4 is 11.9 Å². The van der Waals surface area contributed by atoms with E-state index < -0.39 is 11.9 Å². The molecule has 0 bridgehead atoms. The lowest BCUT2D eigenvalue weighted by molar-refractivity contribution is 0.0694. The highest BCUT2D eigenvalue weighted by atomic mass is 16.4. The Morgan fingerprint density at radius 2 is 1.81 bits per heavy atom. The highest BCUT2D eigenvalue weighted by Crippen LogP contribution is 2.14. The van der Waals surface area contributed by atoms with Crippen molar-refractivity contribution in [2.45, 2.75) is 6.54 Å². The second-order valence-electron chi connectivity index (χ2n) is 3.72. The number of carboxylic acids is 2. The molecule has 0 spiro atoms. The third kappa shape index (κ3) is 2.80. The van der Waals surface area contributed by atoms with Gasteiger partial charge in [0.1, 0.15) is 0 Å². The Labute approximate surface area is 92.9 Å². The van der Waals surface area contributed by atoms with Gasteiger partial charge in [-0.2, -0.15) is 0 Å². The van der Waals surface area contributed by atoms with Crippen molar-refractivity contribution in [2.75, 3.05) is 14.1 Å². The molecule has 0 aliphatic carbocycles. The minimum atomic E-state index is -1.13. The van der Waals surface area contributed by atoms with Crippen molar-refractivity contribution in [1.82, 2.24) is 4.90 Å². The first kappa shape index (κ1) is 12.2. The van der Waals surface area contributed by atoms with Crippen LogP contribution >= 0.6 is 0 Å².